The second-order valence-electron chi connectivity index (χ2n) is 3.43. The molecule has 0 aliphatic heterocycles. The largest absolute Gasteiger partial charge is 0.392 e. The van der Waals surface area contributed by atoms with Gasteiger partial charge in [0.1, 0.15) is 5.15 Å². The molecule has 2 nitrogen and oxygen atoms in total. The molecule has 0 saturated carbocycles. The van der Waals surface area contributed by atoms with E-state index in [0.717, 1.165) is 5.56 Å². The number of benzene rings is 1. The first kappa shape index (κ1) is 12.7. The molecular weight excluding hydrogens is 280 g/mol. The zero-order valence-corrected chi connectivity index (χ0v) is 10.9. The summed E-state index contributed by atoms with van der Waals surface area (Å²) < 4.78 is 0. The zero-order chi connectivity index (χ0) is 12.4. The van der Waals surface area contributed by atoms with Gasteiger partial charge < -0.3 is 5.11 Å². The molecule has 0 unspecified atom stereocenters. The number of hydrogen-bond donors (Lipinski definition) is 1. The number of aromatic nitrogens is 1. The van der Waals surface area contributed by atoms with Crippen LogP contribution in [-0.4, -0.2) is 10.1 Å². The zero-order valence-electron chi connectivity index (χ0n) is 8.62. The van der Waals surface area contributed by atoms with E-state index in [0.29, 0.717) is 21.3 Å². The summed E-state index contributed by atoms with van der Waals surface area (Å²) in [5.74, 6) is 0. The van der Waals surface area contributed by atoms with Gasteiger partial charge in [0, 0.05) is 11.1 Å². The lowest BCUT2D eigenvalue weighted by Crippen LogP contribution is -1.91. The molecule has 0 atom stereocenters. The SMILES string of the molecule is OCc1ccc(-c2ccc(Cl)c(Cl)c2)nc1Cl. The number of aliphatic hydroxyl groups is 1. The van der Waals surface area contributed by atoms with Crippen LogP contribution in [0.5, 0.6) is 0 Å². The predicted molar refractivity (Wildman–Crippen MR) is 70.6 cm³/mol. The van der Waals surface area contributed by atoms with Gasteiger partial charge in [0.15, 0.2) is 0 Å². The van der Waals surface area contributed by atoms with E-state index >= 15 is 0 Å². The smallest absolute Gasteiger partial charge is 0.135 e. The lowest BCUT2D eigenvalue weighted by atomic mass is 10.1. The average Bonchev–Trinajstić information content (AvgIpc) is 2.32. The molecule has 0 spiro atoms. The molecule has 0 aliphatic rings. The van der Waals surface area contributed by atoms with Gasteiger partial charge in [0.05, 0.1) is 22.3 Å². The van der Waals surface area contributed by atoms with E-state index in [1.54, 1.807) is 24.3 Å². The maximum atomic E-state index is 9.00. The monoisotopic (exact) mass is 287 g/mol. The second-order valence-corrected chi connectivity index (χ2v) is 4.61. The van der Waals surface area contributed by atoms with E-state index in [4.69, 9.17) is 39.9 Å². The third-order valence-electron chi connectivity index (χ3n) is 2.31. The van der Waals surface area contributed by atoms with Gasteiger partial charge >= 0.3 is 0 Å². The minimum atomic E-state index is -0.131. The number of hydrogen-bond acceptors (Lipinski definition) is 2. The van der Waals surface area contributed by atoms with E-state index in [2.05, 4.69) is 4.98 Å². The first-order valence-corrected chi connectivity index (χ1v) is 5.97. The number of pyridine rings is 1. The summed E-state index contributed by atoms with van der Waals surface area (Å²) in [5, 5.41) is 10.2. The van der Waals surface area contributed by atoms with Crippen LogP contribution in [0.25, 0.3) is 11.3 Å². The van der Waals surface area contributed by atoms with Crippen molar-refractivity contribution in [3.63, 3.8) is 0 Å². The molecule has 0 amide bonds. The number of halogens is 3. The van der Waals surface area contributed by atoms with Crippen LogP contribution in [0.1, 0.15) is 5.56 Å². The molecule has 1 aromatic heterocycles. The summed E-state index contributed by atoms with van der Waals surface area (Å²) in [7, 11) is 0. The summed E-state index contributed by atoms with van der Waals surface area (Å²) >= 11 is 17.7. The molecule has 1 aromatic carbocycles. The lowest BCUT2D eigenvalue weighted by molar-refractivity contribution is 0.281. The van der Waals surface area contributed by atoms with Crippen molar-refractivity contribution in [2.45, 2.75) is 6.61 Å². The van der Waals surface area contributed by atoms with E-state index in [-0.39, 0.29) is 11.8 Å². The van der Waals surface area contributed by atoms with Crippen LogP contribution in [0.4, 0.5) is 0 Å². The van der Waals surface area contributed by atoms with Crippen molar-refractivity contribution in [1.82, 2.24) is 4.98 Å². The van der Waals surface area contributed by atoms with Crippen LogP contribution in [-0.2, 0) is 6.61 Å². The summed E-state index contributed by atoms with van der Waals surface area (Å²) in [6, 6.07) is 8.74. The molecule has 5 heteroatoms. The second kappa shape index (κ2) is 5.23. The van der Waals surface area contributed by atoms with Gasteiger partial charge in [0.2, 0.25) is 0 Å². The van der Waals surface area contributed by atoms with Crippen LogP contribution < -0.4 is 0 Å². The highest BCUT2D eigenvalue weighted by Crippen LogP contribution is 2.28. The Morgan fingerprint density at radius 1 is 1.00 bits per heavy atom. The minimum absolute atomic E-state index is 0.131. The van der Waals surface area contributed by atoms with Crippen LogP contribution >= 0.6 is 34.8 Å². The van der Waals surface area contributed by atoms with Gasteiger partial charge in [0.25, 0.3) is 0 Å². The summed E-state index contributed by atoms with van der Waals surface area (Å²) in [6.07, 6.45) is 0. The van der Waals surface area contributed by atoms with Gasteiger partial charge in [-0.1, -0.05) is 46.9 Å². The Hall–Kier alpha value is -0.800. The summed E-state index contributed by atoms with van der Waals surface area (Å²) in [5.41, 5.74) is 2.10. The third kappa shape index (κ3) is 2.72. The van der Waals surface area contributed by atoms with Crippen molar-refractivity contribution < 1.29 is 5.11 Å². The average molecular weight is 289 g/mol. The maximum Gasteiger partial charge on any atom is 0.135 e. The van der Waals surface area contributed by atoms with Gasteiger partial charge in [-0.15, -0.1) is 0 Å². The molecule has 17 heavy (non-hydrogen) atoms. The van der Waals surface area contributed by atoms with Crippen molar-refractivity contribution >= 4 is 34.8 Å². The molecule has 0 aliphatic carbocycles. The molecule has 0 bridgehead atoms. The fourth-order valence-electron chi connectivity index (χ4n) is 1.40. The topological polar surface area (TPSA) is 33.1 Å². The Kier molecular flexibility index (Phi) is 3.89. The molecule has 0 radical (unpaired) electrons. The normalized spacial score (nSPS) is 10.6. The Labute approximate surface area is 114 Å². The first-order chi connectivity index (χ1) is 8.11. The van der Waals surface area contributed by atoms with E-state index < -0.39 is 0 Å². The van der Waals surface area contributed by atoms with Crippen LogP contribution in [0, 0.1) is 0 Å². The highest BCUT2D eigenvalue weighted by molar-refractivity contribution is 6.42. The van der Waals surface area contributed by atoms with Crippen molar-refractivity contribution in [2.24, 2.45) is 0 Å². The maximum absolute atomic E-state index is 9.00. The predicted octanol–water partition coefficient (Wildman–Crippen LogP) is 4.20. The lowest BCUT2D eigenvalue weighted by Gasteiger charge is -2.05. The Morgan fingerprint density at radius 2 is 1.76 bits per heavy atom. The molecule has 2 aromatic rings. The van der Waals surface area contributed by atoms with Crippen LogP contribution in [0.15, 0.2) is 30.3 Å². The highest BCUT2D eigenvalue weighted by Gasteiger charge is 2.06. The fourth-order valence-corrected chi connectivity index (χ4v) is 1.91. The fraction of sp³-hybridized carbons (Fsp3) is 0.0833. The molecular formula is C12H8Cl3NO. The minimum Gasteiger partial charge on any atom is -0.392 e. The van der Waals surface area contributed by atoms with Gasteiger partial charge in [-0.05, 0) is 18.2 Å². The standard InChI is InChI=1S/C12H8Cl3NO/c13-9-3-1-7(5-10(9)14)11-4-2-8(6-17)12(15)16-11/h1-5,17H,6H2. The Balaban J connectivity index is 2.46. The Morgan fingerprint density at radius 3 is 2.35 bits per heavy atom. The number of nitrogens with zero attached hydrogens (tertiary/aromatic N) is 1. The third-order valence-corrected chi connectivity index (χ3v) is 3.38. The van der Waals surface area contributed by atoms with Gasteiger partial charge in [-0.25, -0.2) is 4.98 Å². The molecule has 1 heterocycles. The molecule has 1 N–H and O–H groups in total. The number of aliphatic hydroxyl groups excluding tert-OH is 1. The number of rotatable bonds is 2. The quantitative estimate of drug-likeness (QED) is 0.840. The molecule has 88 valence electrons. The van der Waals surface area contributed by atoms with Crippen molar-refractivity contribution in [3.05, 3.63) is 51.1 Å². The molecule has 0 saturated heterocycles. The van der Waals surface area contributed by atoms with Gasteiger partial charge in [-0.3, -0.25) is 0 Å². The van der Waals surface area contributed by atoms with Crippen LogP contribution in [0.3, 0.4) is 0 Å². The summed E-state index contributed by atoms with van der Waals surface area (Å²) in [6.45, 7) is -0.131. The summed E-state index contributed by atoms with van der Waals surface area (Å²) in [4.78, 5) is 4.19. The van der Waals surface area contributed by atoms with E-state index in [1.807, 2.05) is 6.07 Å². The van der Waals surface area contributed by atoms with Gasteiger partial charge in [-0.2, -0.15) is 0 Å². The highest BCUT2D eigenvalue weighted by atomic mass is 35.5. The molecule has 2 rings (SSSR count). The molecule has 0 fully saturated rings. The van der Waals surface area contributed by atoms with Crippen molar-refractivity contribution in [1.29, 1.82) is 0 Å². The van der Waals surface area contributed by atoms with E-state index in [1.165, 1.54) is 0 Å². The first-order valence-electron chi connectivity index (χ1n) is 4.83. The van der Waals surface area contributed by atoms with E-state index in [9.17, 15) is 0 Å². The van der Waals surface area contributed by atoms with Crippen LogP contribution in [0.2, 0.25) is 15.2 Å². The van der Waals surface area contributed by atoms with Crippen molar-refractivity contribution in [3.8, 4) is 11.3 Å². The van der Waals surface area contributed by atoms with Crippen molar-refractivity contribution in [2.75, 3.05) is 0 Å². The Bertz CT molecular complexity index is 557.